The zero-order chi connectivity index (χ0) is 11.5. The van der Waals surface area contributed by atoms with E-state index in [1.165, 1.54) is 12.4 Å². The Kier molecular flexibility index (Phi) is 4.14. The van der Waals surface area contributed by atoms with Crippen molar-refractivity contribution in [1.29, 1.82) is 0 Å². The lowest BCUT2D eigenvalue weighted by Crippen LogP contribution is -2.16. The standard InChI is InChI=1S/C8H12IN3O2S/c1-11(2)4-3-5-15(13,14)12-7-8(9)6-10-12/h3-4,6-7H,5H2,1-2H3. The molecule has 1 aromatic heterocycles. The number of hydrogen-bond donors (Lipinski definition) is 0. The molecule has 5 nitrogen and oxygen atoms in total. The molecule has 0 aliphatic carbocycles. The maximum absolute atomic E-state index is 11.7. The number of hydrogen-bond acceptors (Lipinski definition) is 4. The van der Waals surface area contributed by atoms with Crippen LogP contribution in [0.15, 0.2) is 24.7 Å². The van der Waals surface area contributed by atoms with Crippen molar-refractivity contribution in [1.82, 2.24) is 14.1 Å². The van der Waals surface area contributed by atoms with Crippen LogP contribution in [0.25, 0.3) is 0 Å². The maximum atomic E-state index is 11.7. The van der Waals surface area contributed by atoms with Crippen LogP contribution in [0.3, 0.4) is 0 Å². The highest BCUT2D eigenvalue weighted by molar-refractivity contribution is 14.1. The molecular formula is C8H12IN3O2S. The van der Waals surface area contributed by atoms with Crippen molar-refractivity contribution in [2.75, 3.05) is 19.8 Å². The topological polar surface area (TPSA) is 55.2 Å². The molecule has 0 amide bonds. The van der Waals surface area contributed by atoms with Crippen LogP contribution in [-0.4, -0.2) is 42.4 Å². The van der Waals surface area contributed by atoms with Gasteiger partial charge >= 0.3 is 0 Å². The van der Waals surface area contributed by atoms with E-state index in [0.717, 1.165) is 7.66 Å². The molecule has 0 fully saturated rings. The molecular weight excluding hydrogens is 329 g/mol. The number of aromatic nitrogens is 2. The number of nitrogens with zero attached hydrogens (tertiary/aromatic N) is 3. The molecule has 0 saturated heterocycles. The third kappa shape index (κ3) is 3.82. The molecule has 0 aliphatic rings. The fourth-order valence-corrected chi connectivity index (χ4v) is 2.41. The molecule has 7 heteroatoms. The largest absolute Gasteiger partial charge is 0.384 e. The predicted octanol–water partition coefficient (Wildman–Crippen LogP) is 0.741. The van der Waals surface area contributed by atoms with Gasteiger partial charge in [-0.3, -0.25) is 0 Å². The van der Waals surface area contributed by atoms with Gasteiger partial charge in [0.15, 0.2) is 0 Å². The average Bonchev–Trinajstić information content (AvgIpc) is 2.51. The summed E-state index contributed by atoms with van der Waals surface area (Å²) < 4.78 is 25.1. The van der Waals surface area contributed by atoms with Gasteiger partial charge < -0.3 is 4.90 Å². The summed E-state index contributed by atoms with van der Waals surface area (Å²) in [5.74, 6) is -0.0526. The van der Waals surface area contributed by atoms with Gasteiger partial charge in [-0.1, -0.05) is 6.08 Å². The van der Waals surface area contributed by atoms with Gasteiger partial charge in [0.05, 0.1) is 21.7 Å². The quantitative estimate of drug-likeness (QED) is 0.758. The molecule has 0 spiro atoms. The fourth-order valence-electron chi connectivity index (χ4n) is 0.888. The summed E-state index contributed by atoms with van der Waals surface area (Å²) in [6.45, 7) is 0. The smallest absolute Gasteiger partial charge is 0.257 e. The fraction of sp³-hybridized carbons (Fsp3) is 0.375. The number of halogens is 1. The van der Waals surface area contributed by atoms with Gasteiger partial charge in [-0.25, -0.2) is 8.42 Å². The van der Waals surface area contributed by atoms with Gasteiger partial charge in [-0.05, 0) is 28.8 Å². The minimum absolute atomic E-state index is 0.0526. The van der Waals surface area contributed by atoms with E-state index in [1.807, 2.05) is 36.7 Å². The third-order valence-corrected chi connectivity index (χ3v) is 3.46. The minimum atomic E-state index is -3.35. The van der Waals surface area contributed by atoms with Crippen molar-refractivity contribution in [3.8, 4) is 0 Å². The lowest BCUT2D eigenvalue weighted by Gasteiger charge is -2.04. The van der Waals surface area contributed by atoms with E-state index in [0.29, 0.717) is 0 Å². The molecule has 0 bridgehead atoms. The average molecular weight is 341 g/mol. The van der Waals surface area contributed by atoms with Gasteiger partial charge in [0.25, 0.3) is 10.0 Å². The monoisotopic (exact) mass is 341 g/mol. The Balaban J connectivity index is 2.77. The van der Waals surface area contributed by atoms with Gasteiger partial charge in [0.1, 0.15) is 0 Å². The lowest BCUT2D eigenvalue weighted by molar-refractivity contribution is 0.561. The number of rotatable bonds is 4. The maximum Gasteiger partial charge on any atom is 0.257 e. The van der Waals surface area contributed by atoms with Crippen molar-refractivity contribution in [2.45, 2.75) is 0 Å². The van der Waals surface area contributed by atoms with E-state index < -0.39 is 10.0 Å². The van der Waals surface area contributed by atoms with Crippen LogP contribution < -0.4 is 0 Å². The molecule has 1 heterocycles. The van der Waals surface area contributed by atoms with Crippen LogP contribution in [0.5, 0.6) is 0 Å². The highest BCUT2D eigenvalue weighted by atomic mass is 127. The zero-order valence-electron chi connectivity index (χ0n) is 8.46. The summed E-state index contributed by atoms with van der Waals surface area (Å²) in [4.78, 5) is 1.78. The molecule has 1 rings (SSSR count). The SMILES string of the molecule is CN(C)C=CCS(=O)(=O)n1cc(I)cn1. The van der Waals surface area contributed by atoms with Crippen molar-refractivity contribution in [2.24, 2.45) is 0 Å². The molecule has 84 valence electrons. The second kappa shape index (κ2) is 4.97. The van der Waals surface area contributed by atoms with Gasteiger partial charge in [0.2, 0.25) is 0 Å². The van der Waals surface area contributed by atoms with Crippen LogP contribution in [0.1, 0.15) is 0 Å². The summed E-state index contributed by atoms with van der Waals surface area (Å²) in [6.07, 6.45) is 6.28. The third-order valence-electron chi connectivity index (χ3n) is 1.52. The van der Waals surface area contributed by atoms with E-state index >= 15 is 0 Å². The van der Waals surface area contributed by atoms with E-state index in [-0.39, 0.29) is 5.75 Å². The van der Waals surface area contributed by atoms with E-state index in [9.17, 15) is 8.42 Å². The first-order valence-electron chi connectivity index (χ1n) is 4.18. The Morgan fingerprint density at radius 3 is 2.73 bits per heavy atom. The zero-order valence-corrected chi connectivity index (χ0v) is 11.4. The Morgan fingerprint density at radius 2 is 2.27 bits per heavy atom. The van der Waals surface area contributed by atoms with Gasteiger partial charge in [0, 0.05) is 14.1 Å². The van der Waals surface area contributed by atoms with Crippen molar-refractivity contribution in [3.63, 3.8) is 0 Å². The molecule has 0 atom stereocenters. The van der Waals surface area contributed by atoms with E-state index in [4.69, 9.17) is 0 Å². The second-order valence-corrected chi connectivity index (χ2v) is 6.27. The molecule has 15 heavy (non-hydrogen) atoms. The Bertz CT molecular complexity index is 450. The Labute approximate surface area is 103 Å². The molecule has 0 aromatic carbocycles. The normalized spacial score (nSPS) is 12.2. The van der Waals surface area contributed by atoms with Crippen LogP contribution >= 0.6 is 22.6 Å². The minimum Gasteiger partial charge on any atom is -0.384 e. The molecule has 0 saturated carbocycles. The summed E-state index contributed by atoms with van der Waals surface area (Å²) in [7, 11) is 0.319. The molecule has 0 unspecified atom stereocenters. The summed E-state index contributed by atoms with van der Waals surface area (Å²) in [5.41, 5.74) is 0. The predicted molar refractivity (Wildman–Crippen MR) is 67.0 cm³/mol. The highest BCUT2D eigenvalue weighted by Gasteiger charge is 2.11. The first-order chi connectivity index (χ1) is 6.92. The molecule has 0 radical (unpaired) electrons. The summed E-state index contributed by atoms with van der Waals surface area (Å²) >= 11 is 2.01. The van der Waals surface area contributed by atoms with Crippen molar-refractivity contribution < 1.29 is 8.42 Å². The molecule has 0 aliphatic heterocycles. The van der Waals surface area contributed by atoms with Crippen LogP contribution in [-0.2, 0) is 10.0 Å². The van der Waals surface area contributed by atoms with Gasteiger partial charge in [-0.15, -0.1) is 0 Å². The van der Waals surface area contributed by atoms with Gasteiger partial charge in [-0.2, -0.15) is 9.19 Å². The van der Waals surface area contributed by atoms with E-state index in [2.05, 4.69) is 5.10 Å². The highest BCUT2D eigenvalue weighted by Crippen LogP contribution is 2.04. The molecule has 1 aromatic rings. The van der Waals surface area contributed by atoms with Crippen LogP contribution in [0, 0.1) is 3.57 Å². The Morgan fingerprint density at radius 1 is 1.60 bits per heavy atom. The molecule has 0 N–H and O–H groups in total. The lowest BCUT2D eigenvalue weighted by atomic mass is 10.7. The Hall–Kier alpha value is -0.570. The van der Waals surface area contributed by atoms with Crippen molar-refractivity contribution >= 4 is 32.6 Å². The first kappa shape index (κ1) is 12.5. The van der Waals surface area contributed by atoms with Crippen LogP contribution in [0.4, 0.5) is 0 Å². The summed E-state index contributed by atoms with van der Waals surface area (Å²) in [6, 6.07) is 0. The van der Waals surface area contributed by atoms with Crippen molar-refractivity contribution in [3.05, 3.63) is 28.2 Å². The van der Waals surface area contributed by atoms with E-state index in [1.54, 1.807) is 17.2 Å². The second-order valence-electron chi connectivity index (χ2n) is 3.16. The summed E-state index contributed by atoms with van der Waals surface area (Å²) in [5, 5.41) is 3.76. The first-order valence-corrected chi connectivity index (χ1v) is 6.87. The van der Waals surface area contributed by atoms with Crippen LogP contribution in [0.2, 0.25) is 0 Å².